The lowest BCUT2D eigenvalue weighted by molar-refractivity contribution is 0.867. The largest absolute Gasteiger partial charge is 0.355 e. The molecule has 0 aliphatic carbocycles. The zero-order chi connectivity index (χ0) is 37.9. The average molecular weight is 725 g/mol. The fourth-order valence-corrected chi connectivity index (χ4v) is 8.54. The van der Waals surface area contributed by atoms with Crippen molar-refractivity contribution in [1.29, 1.82) is 0 Å². The van der Waals surface area contributed by atoms with E-state index in [0.29, 0.717) is 11.8 Å². The van der Waals surface area contributed by atoms with Gasteiger partial charge in [0.25, 0.3) is 0 Å². The van der Waals surface area contributed by atoms with E-state index in [9.17, 15) is 0 Å². The molecule has 0 radical (unpaired) electrons. The summed E-state index contributed by atoms with van der Waals surface area (Å²) in [5.74, 6) is 1.00. The molecule has 0 unspecified atom stereocenters. The molecule has 4 nitrogen and oxygen atoms in total. The van der Waals surface area contributed by atoms with Crippen LogP contribution in [-0.4, -0.2) is 9.13 Å². The Hall–Kier alpha value is -6.78. The summed E-state index contributed by atoms with van der Waals surface area (Å²) in [5.41, 5.74) is 14.0. The van der Waals surface area contributed by atoms with Crippen molar-refractivity contribution in [2.75, 3.05) is 10.6 Å². The molecule has 10 aromatic rings. The zero-order valence-corrected chi connectivity index (χ0v) is 32.2. The molecule has 4 heteroatoms. The zero-order valence-electron chi connectivity index (χ0n) is 32.2. The summed E-state index contributed by atoms with van der Waals surface area (Å²) in [6.07, 6.45) is 0. The Kier molecular flexibility index (Phi) is 8.14. The van der Waals surface area contributed by atoms with E-state index in [1.54, 1.807) is 0 Å². The first-order valence-electron chi connectivity index (χ1n) is 19.7. The number of rotatable bonds is 8. The molecule has 0 bridgehead atoms. The van der Waals surface area contributed by atoms with E-state index in [-0.39, 0.29) is 0 Å². The summed E-state index contributed by atoms with van der Waals surface area (Å²) < 4.78 is 4.83. The number of para-hydroxylation sites is 2. The molecule has 0 fully saturated rings. The van der Waals surface area contributed by atoms with Crippen molar-refractivity contribution in [1.82, 2.24) is 9.13 Å². The van der Waals surface area contributed by atoms with E-state index < -0.39 is 0 Å². The highest BCUT2D eigenvalue weighted by atomic mass is 15.0. The molecular formula is C52H44N4. The van der Waals surface area contributed by atoms with Crippen molar-refractivity contribution < 1.29 is 0 Å². The lowest BCUT2D eigenvalue weighted by Crippen LogP contribution is -1.95. The molecule has 0 saturated carbocycles. The van der Waals surface area contributed by atoms with Gasteiger partial charge in [0.1, 0.15) is 0 Å². The van der Waals surface area contributed by atoms with Crippen LogP contribution >= 0.6 is 0 Å². The van der Waals surface area contributed by atoms with E-state index >= 15 is 0 Å². The number of fused-ring (bicyclic) bond motifs is 9. The van der Waals surface area contributed by atoms with Gasteiger partial charge in [0.05, 0.1) is 22.1 Å². The van der Waals surface area contributed by atoms with Crippen LogP contribution in [0.4, 0.5) is 22.7 Å². The van der Waals surface area contributed by atoms with Crippen LogP contribution in [0.1, 0.15) is 50.7 Å². The molecule has 0 saturated heterocycles. The number of benzene rings is 8. The minimum absolute atomic E-state index is 0.500. The van der Waals surface area contributed by atoms with Gasteiger partial charge in [0.2, 0.25) is 0 Å². The first kappa shape index (κ1) is 33.8. The van der Waals surface area contributed by atoms with Crippen molar-refractivity contribution in [3.05, 3.63) is 181 Å². The molecule has 0 amide bonds. The number of nitrogens with zero attached hydrogens (tertiary/aromatic N) is 2. The highest BCUT2D eigenvalue weighted by molar-refractivity contribution is 6.29. The Bertz CT molecular complexity index is 2830. The maximum Gasteiger partial charge on any atom is 0.0561 e. The van der Waals surface area contributed by atoms with Gasteiger partial charge in [-0.3, -0.25) is 0 Å². The topological polar surface area (TPSA) is 33.9 Å². The van der Waals surface area contributed by atoms with Gasteiger partial charge >= 0.3 is 0 Å². The van der Waals surface area contributed by atoms with Crippen LogP contribution in [0.5, 0.6) is 0 Å². The van der Waals surface area contributed by atoms with Gasteiger partial charge < -0.3 is 19.8 Å². The van der Waals surface area contributed by atoms with Gasteiger partial charge in [0.15, 0.2) is 0 Å². The van der Waals surface area contributed by atoms with Crippen molar-refractivity contribution in [2.45, 2.75) is 39.5 Å². The number of hydrogen-bond acceptors (Lipinski definition) is 2. The van der Waals surface area contributed by atoms with Crippen molar-refractivity contribution in [2.24, 2.45) is 0 Å². The average Bonchev–Trinajstić information content (AvgIpc) is 3.74. The third-order valence-electron chi connectivity index (χ3n) is 11.4. The maximum absolute atomic E-state index is 3.69. The second-order valence-corrected chi connectivity index (χ2v) is 15.6. The van der Waals surface area contributed by atoms with Crippen molar-refractivity contribution >= 4 is 77.1 Å². The van der Waals surface area contributed by atoms with Gasteiger partial charge in [-0.2, -0.15) is 0 Å². The summed E-state index contributed by atoms with van der Waals surface area (Å²) in [5, 5.41) is 14.9. The maximum atomic E-state index is 3.69. The molecule has 2 N–H and O–H groups in total. The van der Waals surface area contributed by atoms with Gasteiger partial charge in [0, 0.05) is 55.7 Å². The molecule has 0 atom stereocenters. The van der Waals surface area contributed by atoms with Crippen LogP contribution in [0.3, 0.4) is 0 Å². The smallest absolute Gasteiger partial charge is 0.0561 e. The van der Waals surface area contributed by atoms with Crippen LogP contribution in [0, 0.1) is 0 Å². The SMILES string of the molecule is CC(C)c1ccc(Nc2ccc3c4c5ccc6c(c5ccc4n(-c4ccccc4)c3c2)c2ccc(Nc3ccc(C(C)C)cc3)cc2n6-c2ccccc2)cc1. The predicted molar refractivity (Wildman–Crippen MR) is 240 cm³/mol. The number of aromatic nitrogens is 2. The van der Waals surface area contributed by atoms with E-state index in [2.05, 4.69) is 217 Å². The highest BCUT2D eigenvalue weighted by Crippen LogP contribution is 2.43. The first-order valence-corrected chi connectivity index (χ1v) is 19.7. The fourth-order valence-electron chi connectivity index (χ4n) is 8.54. The monoisotopic (exact) mass is 724 g/mol. The summed E-state index contributed by atoms with van der Waals surface area (Å²) >= 11 is 0. The van der Waals surface area contributed by atoms with Gasteiger partial charge in [-0.25, -0.2) is 0 Å². The lowest BCUT2D eigenvalue weighted by atomic mass is 9.99. The molecule has 2 aromatic heterocycles. The normalized spacial score (nSPS) is 11.9. The van der Waals surface area contributed by atoms with Crippen LogP contribution in [-0.2, 0) is 0 Å². The van der Waals surface area contributed by atoms with Gasteiger partial charge in [-0.1, -0.05) is 113 Å². The van der Waals surface area contributed by atoms with Crippen molar-refractivity contribution in [3.8, 4) is 11.4 Å². The molecule has 2 heterocycles. The summed E-state index contributed by atoms with van der Waals surface area (Å²) in [6, 6.07) is 62.0. The second kappa shape index (κ2) is 13.5. The minimum Gasteiger partial charge on any atom is -0.355 e. The summed E-state index contributed by atoms with van der Waals surface area (Å²) in [6.45, 7) is 8.93. The third kappa shape index (κ3) is 5.68. The minimum atomic E-state index is 0.500. The van der Waals surface area contributed by atoms with Crippen molar-refractivity contribution in [3.63, 3.8) is 0 Å². The van der Waals surface area contributed by atoms with Crippen LogP contribution < -0.4 is 10.6 Å². The molecule has 0 aliphatic rings. The number of hydrogen-bond donors (Lipinski definition) is 2. The van der Waals surface area contributed by atoms with Crippen LogP contribution in [0.15, 0.2) is 170 Å². The second-order valence-electron chi connectivity index (χ2n) is 15.6. The van der Waals surface area contributed by atoms with E-state index in [0.717, 1.165) is 34.1 Å². The molecule has 0 aliphatic heterocycles. The quantitative estimate of drug-likeness (QED) is 0.164. The Morgan fingerprint density at radius 1 is 0.339 bits per heavy atom. The van der Waals surface area contributed by atoms with Crippen LogP contribution in [0.2, 0.25) is 0 Å². The fraction of sp³-hybridized carbons (Fsp3) is 0.115. The number of nitrogens with one attached hydrogen (secondary N) is 2. The predicted octanol–water partition coefficient (Wildman–Crippen LogP) is 14.8. The molecular weight excluding hydrogens is 681 g/mol. The standard InChI is InChI=1S/C52H44N4/c1-33(2)35-15-19-37(20-16-35)53-39-23-25-45-49(31-39)55(41-11-7-5-8-12-41)47-29-27-44-43(51(45)47)28-30-48-52(44)46-26-24-40(54-38-21-17-36(18-22-38)34(3)4)32-50(46)56(48)42-13-9-6-10-14-42/h5-34,53-54H,1-4H3. The molecule has 272 valence electrons. The molecule has 0 spiro atoms. The van der Waals surface area contributed by atoms with Gasteiger partial charge in [-0.15, -0.1) is 0 Å². The first-order chi connectivity index (χ1) is 27.4. The highest BCUT2D eigenvalue weighted by Gasteiger charge is 2.20. The lowest BCUT2D eigenvalue weighted by Gasteiger charge is -2.11. The van der Waals surface area contributed by atoms with Gasteiger partial charge in [-0.05, 0) is 119 Å². The Morgan fingerprint density at radius 2 is 0.696 bits per heavy atom. The van der Waals surface area contributed by atoms with E-state index in [4.69, 9.17) is 0 Å². The van der Waals surface area contributed by atoms with E-state index in [1.807, 2.05) is 0 Å². The third-order valence-corrected chi connectivity index (χ3v) is 11.4. The molecule has 8 aromatic carbocycles. The number of anilines is 4. The van der Waals surface area contributed by atoms with E-state index in [1.165, 1.54) is 65.5 Å². The van der Waals surface area contributed by atoms with Crippen LogP contribution in [0.25, 0.3) is 65.8 Å². The summed E-state index contributed by atoms with van der Waals surface area (Å²) in [4.78, 5) is 0. The Labute approximate surface area is 327 Å². The Morgan fingerprint density at radius 3 is 1.07 bits per heavy atom. The Balaban J connectivity index is 1.18. The summed E-state index contributed by atoms with van der Waals surface area (Å²) in [7, 11) is 0. The molecule has 10 rings (SSSR count). The molecule has 56 heavy (non-hydrogen) atoms.